The molecule has 0 aliphatic carbocycles. The molecule has 0 spiro atoms. The SMILES string of the molecule is [2H]c1nnn(C([2H])([2H])C([2H])([2H])[2H])c1Br. The molecule has 1 aromatic heterocycles. The van der Waals surface area contributed by atoms with Crippen molar-refractivity contribution in [2.75, 3.05) is 0 Å². The minimum Gasteiger partial charge on any atom is -0.239 e. The van der Waals surface area contributed by atoms with Gasteiger partial charge in [-0.2, -0.15) is 0 Å². The zero-order valence-corrected chi connectivity index (χ0v) is 5.31. The lowest BCUT2D eigenvalue weighted by molar-refractivity contribution is 0.615. The third kappa shape index (κ3) is 0.888. The van der Waals surface area contributed by atoms with Crippen LogP contribution in [0.15, 0.2) is 10.8 Å². The van der Waals surface area contributed by atoms with Crippen LogP contribution in [0, 0.1) is 0 Å². The quantitative estimate of drug-likeness (QED) is 0.650. The summed E-state index contributed by atoms with van der Waals surface area (Å²) in [6.45, 7) is -5.55. The normalized spacial score (nSPS) is 24.1. The third-order valence-corrected chi connectivity index (χ3v) is 1.08. The van der Waals surface area contributed by atoms with E-state index in [2.05, 4.69) is 26.2 Å². The van der Waals surface area contributed by atoms with Crippen LogP contribution in [-0.4, -0.2) is 15.0 Å². The smallest absolute Gasteiger partial charge is 0.124 e. The first kappa shape index (κ1) is 1.80. The van der Waals surface area contributed by atoms with Crippen molar-refractivity contribution >= 4 is 15.9 Å². The maximum Gasteiger partial charge on any atom is 0.124 e. The van der Waals surface area contributed by atoms with Crippen LogP contribution in [0.4, 0.5) is 0 Å². The van der Waals surface area contributed by atoms with E-state index in [9.17, 15) is 0 Å². The summed E-state index contributed by atoms with van der Waals surface area (Å²) in [7, 11) is 0. The molecule has 0 saturated carbocycles. The van der Waals surface area contributed by atoms with Crippen LogP contribution in [0.5, 0.6) is 0 Å². The number of hydrogen-bond acceptors (Lipinski definition) is 2. The van der Waals surface area contributed by atoms with Crippen LogP contribution in [0.1, 0.15) is 15.1 Å². The van der Waals surface area contributed by atoms with Gasteiger partial charge in [-0.1, -0.05) is 5.21 Å². The van der Waals surface area contributed by atoms with Crippen molar-refractivity contribution in [3.8, 4) is 0 Å². The summed E-state index contributed by atoms with van der Waals surface area (Å²) < 4.78 is 43.1. The molecule has 44 valence electrons. The Balaban J connectivity index is 3.23. The van der Waals surface area contributed by atoms with Crippen molar-refractivity contribution in [3.05, 3.63) is 10.8 Å². The fourth-order valence-corrected chi connectivity index (χ4v) is 0.505. The second-order valence-electron chi connectivity index (χ2n) is 1.02. The Bertz CT molecular complexity index is 343. The van der Waals surface area contributed by atoms with Gasteiger partial charge in [0.1, 0.15) is 4.60 Å². The number of aryl methyl sites for hydroxylation is 1. The van der Waals surface area contributed by atoms with Crippen LogP contribution in [0.3, 0.4) is 0 Å². The second kappa shape index (κ2) is 2.26. The molecule has 0 radical (unpaired) electrons. The first-order valence-corrected chi connectivity index (χ1v) is 2.55. The van der Waals surface area contributed by atoms with Gasteiger partial charge in [0.25, 0.3) is 0 Å². The maximum absolute atomic E-state index is 7.32. The summed E-state index contributed by atoms with van der Waals surface area (Å²) in [6, 6.07) is 0. The van der Waals surface area contributed by atoms with Crippen LogP contribution >= 0.6 is 15.9 Å². The molecule has 0 aromatic carbocycles. The minimum atomic E-state index is -2.87. The average Bonchev–Trinajstić information content (AvgIpc) is 2.30. The van der Waals surface area contributed by atoms with E-state index in [4.69, 9.17) is 8.22 Å². The van der Waals surface area contributed by atoms with E-state index < -0.39 is 13.3 Å². The summed E-state index contributed by atoms with van der Waals surface area (Å²) in [6.07, 6.45) is -0.307. The van der Waals surface area contributed by atoms with Crippen LogP contribution in [0.25, 0.3) is 0 Å². The van der Waals surface area contributed by atoms with Gasteiger partial charge in [-0.15, -0.1) is 5.10 Å². The molecular formula is C4H6BrN3. The summed E-state index contributed by atoms with van der Waals surface area (Å²) in [4.78, 5) is 0. The molecule has 0 bridgehead atoms. The van der Waals surface area contributed by atoms with Crippen LogP contribution in [-0.2, 0) is 6.50 Å². The Labute approximate surface area is 64.3 Å². The molecule has 8 heavy (non-hydrogen) atoms. The summed E-state index contributed by atoms with van der Waals surface area (Å²) in [5.41, 5.74) is 0. The van der Waals surface area contributed by atoms with Crippen molar-refractivity contribution < 1.29 is 8.22 Å². The van der Waals surface area contributed by atoms with E-state index in [1.807, 2.05) is 0 Å². The predicted octanol–water partition coefficient (Wildman–Crippen LogP) is 1.06. The Kier molecular flexibility index (Phi) is 0.508. The number of rotatable bonds is 1. The van der Waals surface area contributed by atoms with Gasteiger partial charge in [-0.3, -0.25) is 0 Å². The fourth-order valence-electron chi connectivity index (χ4n) is 0.266. The number of aromatic nitrogens is 3. The van der Waals surface area contributed by atoms with Gasteiger partial charge in [0.15, 0.2) is 0 Å². The van der Waals surface area contributed by atoms with Crippen molar-refractivity contribution in [2.24, 2.45) is 0 Å². The van der Waals surface area contributed by atoms with Gasteiger partial charge >= 0.3 is 0 Å². The lowest BCUT2D eigenvalue weighted by Crippen LogP contribution is -1.95. The molecule has 3 nitrogen and oxygen atoms in total. The monoisotopic (exact) mass is 181 g/mol. The average molecular weight is 182 g/mol. The summed E-state index contributed by atoms with van der Waals surface area (Å²) in [5, 5.41) is 6.49. The highest BCUT2D eigenvalue weighted by atomic mass is 79.9. The molecular weight excluding hydrogens is 170 g/mol. The van der Waals surface area contributed by atoms with Gasteiger partial charge in [0, 0.05) is 10.6 Å². The van der Waals surface area contributed by atoms with Crippen molar-refractivity contribution in [1.29, 1.82) is 0 Å². The molecule has 0 atom stereocenters. The van der Waals surface area contributed by atoms with E-state index in [1.54, 1.807) is 0 Å². The standard InChI is InChI=1S/C4H6BrN3/c1-2-8-4(5)3-6-7-8/h3H,2H2,1H3/i1D3,2D2,3D. The highest BCUT2D eigenvalue weighted by molar-refractivity contribution is 9.10. The Morgan fingerprint density at radius 1 is 2.38 bits per heavy atom. The van der Waals surface area contributed by atoms with Crippen molar-refractivity contribution in [1.82, 2.24) is 15.0 Å². The topological polar surface area (TPSA) is 30.7 Å². The second-order valence-corrected chi connectivity index (χ2v) is 1.77. The Morgan fingerprint density at radius 3 is 3.75 bits per heavy atom. The molecule has 1 heterocycles. The maximum atomic E-state index is 7.32. The van der Waals surface area contributed by atoms with Gasteiger partial charge in [0.05, 0.1) is 10.3 Å². The first-order chi connectivity index (χ1) is 6.18. The molecule has 4 heteroatoms. The molecule has 0 unspecified atom stereocenters. The summed E-state index contributed by atoms with van der Waals surface area (Å²) >= 11 is 2.84. The van der Waals surface area contributed by atoms with Crippen LogP contribution in [0.2, 0.25) is 0 Å². The molecule has 1 rings (SSSR count). The zero-order valence-electron chi connectivity index (χ0n) is 9.72. The van der Waals surface area contributed by atoms with Crippen LogP contribution < -0.4 is 0 Å². The lowest BCUT2D eigenvalue weighted by atomic mass is 10.7. The predicted molar refractivity (Wildman–Crippen MR) is 33.4 cm³/mol. The van der Waals surface area contributed by atoms with E-state index >= 15 is 0 Å². The lowest BCUT2D eigenvalue weighted by Gasteiger charge is -1.90. The van der Waals surface area contributed by atoms with E-state index in [0.29, 0.717) is 4.68 Å². The highest BCUT2D eigenvalue weighted by Crippen LogP contribution is 2.03. The minimum absolute atomic E-state index is 0.0985. The molecule has 0 N–H and O–H groups in total. The number of hydrogen-bond donors (Lipinski definition) is 0. The largest absolute Gasteiger partial charge is 0.239 e. The van der Waals surface area contributed by atoms with Gasteiger partial charge in [-0.25, -0.2) is 4.68 Å². The summed E-state index contributed by atoms with van der Waals surface area (Å²) in [5.74, 6) is 0. The molecule has 0 saturated heterocycles. The van der Waals surface area contributed by atoms with Gasteiger partial charge in [-0.05, 0) is 22.8 Å². The Morgan fingerprint density at radius 2 is 3.25 bits per heavy atom. The van der Waals surface area contributed by atoms with Gasteiger partial charge < -0.3 is 0 Å². The molecule has 0 fully saturated rings. The van der Waals surface area contributed by atoms with Gasteiger partial charge in [0.2, 0.25) is 0 Å². The number of nitrogens with zero attached hydrogens (tertiary/aromatic N) is 3. The molecule has 0 amide bonds. The molecule has 1 aromatic rings. The van der Waals surface area contributed by atoms with Crippen molar-refractivity contribution in [3.63, 3.8) is 0 Å². The van der Waals surface area contributed by atoms with Crippen molar-refractivity contribution in [2.45, 2.75) is 13.3 Å². The van der Waals surface area contributed by atoms with E-state index in [0.717, 1.165) is 0 Å². The third-order valence-electron chi connectivity index (χ3n) is 0.568. The molecule has 0 aliphatic heterocycles. The molecule has 0 aliphatic rings. The zero-order chi connectivity index (χ0) is 11.1. The Hall–Kier alpha value is -0.380. The first-order valence-electron chi connectivity index (χ1n) is 4.76. The van der Waals surface area contributed by atoms with E-state index in [-0.39, 0.29) is 10.8 Å². The van der Waals surface area contributed by atoms with E-state index in [1.165, 1.54) is 0 Å². The fraction of sp³-hybridized carbons (Fsp3) is 0.500. The highest BCUT2D eigenvalue weighted by Gasteiger charge is 1.92. The number of halogens is 1.